The van der Waals surface area contributed by atoms with Gasteiger partial charge in [0, 0.05) is 21.1 Å². The highest BCUT2D eigenvalue weighted by atomic mass is 79.9. The van der Waals surface area contributed by atoms with Crippen LogP contribution in [0.1, 0.15) is 18.2 Å². The zero-order valence-corrected chi connectivity index (χ0v) is 13.2. The van der Waals surface area contributed by atoms with Crippen LogP contribution in [0.2, 0.25) is 0 Å². The fraction of sp³-hybridized carbons (Fsp3) is 0.286. The third-order valence-corrected chi connectivity index (χ3v) is 4.55. The minimum absolute atomic E-state index is 0.677. The summed E-state index contributed by atoms with van der Waals surface area (Å²) in [5.41, 5.74) is 7.58. The van der Waals surface area contributed by atoms with Crippen LogP contribution in [0.5, 0.6) is 5.75 Å². The average Bonchev–Trinajstić information content (AvgIpc) is 2.82. The minimum Gasteiger partial charge on any atom is -0.491 e. The Morgan fingerprint density at radius 1 is 1.37 bits per heavy atom. The number of thiophene rings is 1. The van der Waals surface area contributed by atoms with Crippen LogP contribution in [0.3, 0.4) is 0 Å². The van der Waals surface area contributed by atoms with Gasteiger partial charge in [-0.1, -0.05) is 6.92 Å². The normalized spacial score (nSPS) is 10.4. The Hall–Kier alpha value is -1.20. The lowest BCUT2D eigenvalue weighted by Gasteiger charge is -2.11. The number of nitrogens with one attached hydrogen (secondary N) is 1. The van der Waals surface area contributed by atoms with Gasteiger partial charge in [0.25, 0.3) is 0 Å². The van der Waals surface area contributed by atoms with Gasteiger partial charge in [-0.05, 0) is 45.9 Å². The summed E-state index contributed by atoms with van der Waals surface area (Å²) in [5.74, 6) is 0.747. The number of hydrogen-bond acceptors (Lipinski definition) is 4. The monoisotopic (exact) mass is 340 g/mol. The van der Waals surface area contributed by atoms with E-state index in [0.29, 0.717) is 12.3 Å². The van der Waals surface area contributed by atoms with E-state index in [1.54, 1.807) is 11.3 Å². The second kappa shape index (κ2) is 6.82. The van der Waals surface area contributed by atoms with Gasteiger partial charge in [-0.2, -0.15) is 0 Å². The maximum atomic E-state index is 5.89. The van der Waals surface area contributed by atoms with Gasteiger partial charge in [-0.25, -0.2) is 0 Å². The van der Waals surface area contributed by atoms with Crippen LogP contribution in [0.15, 0.2) is 34.1 Å². The lowest BCUT2D eigenvalue weighted by molar-refractivity contribution is 0.319. The van der Waals surface area contributed by atoms with E-state index in [1.807, 2.05) is 18.2 Å². The first-order chi connectivity index (χ1) is 9.20. The van der Waals surface area contributed by atoms with Crippen molar-refractivity contribution in [3.05, 3.63) is 39.0 Å². The highest BCUT2D eigenvalue weighted by Crippen LogP contribution is 2.27. The Balaban J connectivity index is 2.02. The molecule has 2 rings (SSSR count). The predicted molar refractivity (Wildman–Crippen MR) is 86.0 cm³/mol. The molecule has 5 heteroatoms. The summed E-state index contributed by atoms with van der Waals surface area (Å²) in [6.45, 7) is 3.55. The van der Waals surface area contributed by atoms with Gasteiger partial charge in [0.05, 0.1) is 18.8 Å². The van der Waals surface area contributed by atoms with E-state index < -0.39 is 0 Å². The number of anilines is 2. The molecule has 0 bridgehead atoms. The first kappa shape index (κ1) is 14.2. The van der Waals surface area contributed by atoms with Crippen molar-refractivity contribution >= 4 is 38.6 Å². The zero-order chi connectivity index (χ0) is 13.7. The summed E-state index contributed by atoms with van der Waals surface area (Å²) in [6.07, 6.45) is 0.971. The molecule has 3 N–H and O–H groups in total. The van der Waals surface area contributed by atoms with Gasteiger partial charge < -0.3 is 15.8 Å². The Labute approximate surface area is 125 Å². The van der Waals surface area contributed by atoms with Gasteiger partial charge in [-0.3, -0.25) is 0 Å². The number of hydrogen-bond donors (Lipinski definition) is 2. The lowest BCUT2D eigenvalue weighted by Crippen LogP contribution is -2.02. The molecule has 3 nitrogen and oxygen atoms in total. The topological polar surface area (TPSA) is 47.3 Å². The predicted octanol–water partition coefficient (Wildman–Crippen LogP) is 4.49. The Kier molecular flexibility index (Phi) is 5.10. The molecule has 1 aromatic carbocycles. The highest BCUT2D eigenvalue weighted by Gasteiger charge is 2.04. The number of ether oxygens (including phenoxy) is 1. The van der Waals surface area contributed by atoms with E-state index in [-0.39, 0.29) is 0 Å². The fourth-order valence-electron chi connectivity index (χ4n) is 1.61. The summed E-state index contributed by atoms with van der Waals surface area (Å²) in [7, 11) is 0. The van der Waals surface area contributed by atoms with E-state index in [9.17, 15) is 0 Å². The summed E-state index contributed by atoms with van der Waals surface area (Å²) in [4.78, 5) is 1.27. The van der Waals surface area contributed by atoms with Gasteiger partial charge in [0.1, 0.15) is 5.75 Å². The Bertz CT molecular complexity index is 542. The Morgan fingerprint density at radius 3 is 2.89 bits per heavy atom. The molecule has 0 spiro atoms. The van der Waals surface area contributed by atoms with Gasteiger partial charge in [0.2, 0.25) is 0 Å². The van der Waals surface area contributed by atoms with Crippen LogP contribution >= 0.6 is 27.3 Å². The molecule has 0 aliphatic heterocycles. The van der Waals surface area contributed by atoms with Crippen LogP contribution in [0.25, 0.3) is 0 Å². The van der Waals surface area contributed by atoms with Crippen LogP contribution in [-0.2, 0) is 6.54 Å². The van der Waals surface area contributed by atoms with Gasteiger partial charge in [-0.15, -0.1) is 11.3 Å². The second-order valence-electron chi connectivity index (χ2n) is 4.15. The van der Waals surface area contributed by atoms with Crippen molar-refractivity contribution in [2.24, 2.45) is 0 Å². The second-order valence-corrected chi connectivity index (χ2v) is 6.00. The summed E-state index contributed by atoms with van der Waals surface area (Å²) >= 11 is 5.25. The molecular weight excluding hydrogens is 324 g/mol. The molecule has 0 saturated heterocycles. The number of nitrogen functional groups attached to an aromatic ring is 1. The SMILES string of the molecule is CCCOc1cc(NCc2sccc2Br)ccc1N. The molecule has 19 heavy (non-hydrogen) atoms. The van der Waals surface area contributed by atoms with Crippen molar-refractivity contribution in [3.63, 3.8) is 0 Å². The van der Waals surface area contributed by atoms with Crippen molar-refractivity contribution in [2.45, 2.75) is 19.9 Å². The standard InChI is InChI=1S/C14H17BrN2OS/c1-2-6-18-13-8-10(3-4-12(13)16)17-9-14-11(15)5-7-19-14/h3-5,7-8,17H,2,6,9,16H2,1H3. The number of benzene rings is 1. The molecule has 0 saturated carbocycles. The molecule has 1 aromatic heterocycles. The number of nitrogens with two attached hydrogens (primary N) is 1. The molecule has 0 aliphatic carbocycles. The molecule has 0 radical (unpaired) electrons. The third-order valence-electron chi connectivity index (χ3n) is 2.62. The van der Waals surface area contributed by atoms with Crippen molar-refractivity contribution in [1.29, 1.82) is 0 Å². The van der Waals surface area contributed by atoms with Gasteiger partial charge >= 0.3 is 0 Å². The van der Waals surface area contributed by atoms with Crippen LogP contribution in [0.4, 0.5) is 11.4 Å². The molecule has 102 valence electrons. The van der Waals surface area contributed by atoms with Crippen molar-refractivity contribution in [3.8, 4) is 5.75 Å². The number of halogens is 1. The van der Waals surface area contributed by atoms with Crippen LogP contribution in [-0.4, -0.2) is 6.61 Å². The van der Waals surface area contributed by atoms with E-state index in [1.165, 1.54) is 4.88 Å². The highest BCUT2D eigenvalue weighted by molar-refractivity contribution is 9.10. The van der Waals surface area contributed by atoms with E-state index in [0.717, 1.165) is 28.9 Å². The van der Waals surface area contributed by atoms with Crippen LogP contribution < -0.4 is 15.8 Å². The molecule has 0 amide bonds. The summed E-state index contributed by atoms with van der Waals surface area (Å²) in [6, 6.07) is 7.85. The Morgan fingerprint density at radius 2 is 2.21 bits per heavy atom. The average molecular weight is 341 g/mol. The first-order valence-electron chi connectivity index (χ1n) is 6.18. The quantitative estimate of drug-likeness (QED) is 0.761. The zero-order valence-electron chi connectivity index (χ0n) is 10.8. The maximum Gasteiger partial charge on any atom is 0.144 e. The molecule has 0 unspecified atom stereocenters. The summed E-state index contributed by atoms with van der Waals surface area (Å²) < 4.78 is 6.76. The molecular formula is C14H17BrN2OS. The third kappa shape index (κ3) is 3.88. The molecule has 0 atom stereocenters. The molecule has 0 fully saturated rings. The van der Waals surface area contributed by atoms with E-state index in [4.69, 9.17) is 10.5 Å². The fourth-order valence-corrected chi connectivity index (χ4v) is 3.05. The van der Waals surface area contributed by atoms with Gasteiger partial charge in [0.15, 0.2) is 0 Å². The lowest BCUT2D eigenvalue weighted by atomic mass is 10.2. The van der Waals surface area contributed by atoms with Crippen molar-refractivity contribution < 1.29 is 4.74 Å². The van der Waals surface area contributed by atoms with Crippen molar-refractivity contribution in [2.75, 3.05) is 17.7 Å². The first-order valence-corrected chi connectivity index (χ1v) is 7.86. The minimum atomic E-state index is 0.677. The van der Waals surface area contributed by atoms with Crippen LogP contribution in [0, 0.1) is 0 Å². The van der Waals surface area contributed by atoms with E-state index in [2.05, 4.69) is 39.6 Å². The summed E-state index contributed by atoms with van der Waals surface area (Å²) in [5, 5.41) is 5.45. The van der Waals surface area contributed by atoms with E-state index >= 15 is 0 Å². The maximum absolute atomic E-state index is 5.89. The number of rotatable bonds is 6. The molecule has 1 heterocycles. The smallest absolute Gasteiger partial charge is 0.144 e. The largest absolute Gasteiger partial charge is 0.491 e. The van der Waals surface area contributed by atoms with Crippen molar-refractivity contribution in [1.82, 2.24) is 0 Å². The molecule has 2 aromatic rings. The molecule has 0 aliphatic rings.